The molecule has 28 heavy (non-hydrogen) atoms. The van der Waals surface area contributed by atoms with Crippen LogP contribution >= 0.6 is 0 Å². The summed E-state index contributed by atoms with van der Waals surface area (Å²) in [6, 6.07) is 7.82. The highest BCUT2D eigenvalue weighted by Gasteiger charge is 2.60. The van der Waals surface area contributed by atoms with Gasteiger partial charge in [-0.3, -0.25) is 4.79 Å². The molecule has 2 aliphatic rings. The molecule has 0 bridgehead atoms. The molecule has 0 radical (unpaired) electrons. The van der Waals surface area contributed by atoms with Crippen molar-refractivity contribution in [2.24, 2.45) is 11.3 Å². The van der Waals surface area contributed by atoms with E-state index in [2.05, 4.69) is 4.98 Å². The fourth-order valence-corrected chi connectivity index (χ4v) is 5.24. The van der Waals surface area contributed by atoms with Crippen LogP contribution in [-0.2, 0) is 4.79 Å². The first-order chi connectivity index (χ1) is 13.4. The predicted molar refractivity (Wildman–Crippen MR) is 98.4 cm³/mol. The second-order valence-corrected chi connectivity index (χ2v) is 8.07. The average molecular weight is 385 g/mol. The molecule has 2 N–H and O–H groups in total. The molecule has 0 aliphatic heterocycles. The Kier molecular flexibility index (Phi) is 3.63. The maximum atomic E-state index is 14.5. The van der Waals surface area contributed by atoms with E-state index in [4.69, 9.17) is 0 Å². The minimum atomic E-state index is -0.890. The molecule has 3 aromatic rings. The molecule has 6 heteroatoms. The van der Waals surface area contributed by atoms with Crippen LogP contribution in [0.15, 0.2) is 36.4 Å². The Morgan fingerprint density at radius 1 is 1.07 bits per heavy atom. The summed E-state index contributed by atoms with van der Waals surface area (Å²) in [5.74, 6) is -3.64. The second-order valence-electron chi connectivity index (χ2n) is 8.07. The van der Waals surface area contributed by atoms with Crippen molar-refractivity contribution in [3.8, 4) is 11.3 Å². The van der Waals surface area contributed by atoms with E-state index in [-0.39, 0.29) is 16.8 Å². The number of rotatable bonds is 3. The first kappa shape index (κ1) is 17.3. The van der Waals surface area contributed by atoms with Crippen molar-refractivity contribution in [1.82, 2.24) is 4.98 Å². The Morgan fingerprint density at radius 3 is 2.39 bits per heavy atom. The van der Waals surface area contributed by atoms with Crippen LogP contribution in [0.3, 0.4) is 0 Å². The summed E-state index contributed by atoms with van der Waals surface area (Å²) in [6.45, 7) is 0. The summed E-state index contributed by atoms with van der Waals surface area (Å²) in [5.41, 5.74) is 1.83. The smallest absolute Gasteiger partial charge is 0.307 e. The topological polar surface area (TPSA) is 53.1 Å². The summed E-state index contributed by atoms with van der Waals surface area (Å²) in [6.07, 6.45) is 3.43. The predicted octanol–water partition coefficient (Wildman–Crippen LogP) is 5.61. The quantitative estimate of drug-likeness (QED) is 0.616. The number of carboxylic acids is 1. The highest BCUT2D eigenvalue weighted by molar-refractivity contribution is 5.93. The SMILES string of the molecule is O=C(O)C1CC2(CCC2)C1c1c(-c2ccc(F)cc2)[nH]c2c(F)cc(F)cc12. The monoisotopic (exact) mass is 385 g/mol. The van der Waals surface area contributed by atoms with Gasteiger partial charge < -0.3 is 10.1 Å². The lowest BCUT2D eigenvalue weighted by molar-refractivity contribution is -0.158. The molecule has 2 aromatic carbocycles. The van der Waals surface area contributed by atoms with Crippen LogP contribution in [-0.4, -0.2) is 16.1 Å². The summed E-state index contributed by atoms with van der Waals surface area (Å²) in [7, 11) is 0. The third kappa shape index (κ3) is 2.33. The summed E-state index contributed by atoms with van der Waals surface area (Å²) in [4.78, 5) is 14.9. The largest absolute Gasteiger partial charge is 0.481 e. The standard InChI is InChI=1S/C22H18F3NO2/c23-12-4-2-11(3-5-12)19-17(14-8-13(24)9-16(25)20(14)26-19)18-15(21(27)28)10-22(18)6-1-7-22/h2-5,8-9,15,18,26H,1,6-7,10H2,(H,27,28). The van der Waals surface area contributed by atoms with Gasteiger partial charge in [0.1, 0.15) is 17.5 Å². The Morgan fingerprint density at radius 2 is 1.79 bits per heavy atom. The fourth-order valence-electron chi connectivity index (χ4n) is 5.24. The van der Waals surface area contributed by atoms with Gasteiger partial charge in [0.2, 0.25) is 0 Å². The van der Waals surface area contributed by atoms with Crippen LogP contribution in [0.2, 0.25) is 0 Å². The molecule has 2 aliphatic carbocycles. The molecule has 5 rings (SSSR count). The van der Waals surface area contributed by atoms with Gasteiger partial charge >= 0.3 is 5.97 Å². The number of carboxylic acid groups (broad SMARTS) is 1. The van der Waals surface area contributed by atoms with Crippen molar-refractivity contribution < 1.29 is 23.1 Å². The number of halogens is 3. The minimum Gasteiger partial charge on any atom is -0.481 e. The van der Waals surface area contributed by atoms with Crippen LogP contribution in [0.5, 0.6) is 0 Å². The average Bonchev–Trinajstić information content (AvgIpc) is 2.92. The van der Waals surface area contributed by atoms with Gasteiger partial charge in [0, 0.05) is 17.4 Å². The zero-order valence-corrected chi connectivity index (χ0v) is 14.9. The molecule has 2 fully saturated rings. The number of fused-ring (bicyclic) bond motifs is 1. The van der Waals surface area contributed by atoms with Gasteiger partial charge in [-0.25, -0.2) is 13.2 Å². The molecule has 0 amide bonds. The third-order valence-electron chi connectivity index (χ3n) is 6.66. The van der Waals surface area contributed by atoms with Crippen LogP contribution < -0.4 is 0 Å². The van der Waals surface area contributed by atoms with Gasteiger partial charge in [-0.05, 0) is 66.1 Å². The molecular weight excluding hydrogens is 367 g/mol. The van der Waals surface area contributed by atoms with E-state index in [9.17, 15) is 23.1 Å². The van der Waals surface area contributed by atoms with Gasteiger partial charge in [-0.1, -0.05) is 6.42 Å². The zero-order valence-electron chi connectivity index (χ0n) is 14.9. The molecule has 144 valence electrons. The molecule has 0 saturated heterocycles. The molecule has 1 heterocycles. The van der Waals surface area contributed by atoms with Crippen molar-refractivity contribution in [1.29, 1.82) is 0 Å². The lowest BCUT2D eigenvalue weighted by Crippen LogP contribution is -2.53. The van der Waals surface area contributed by atoms with Crippen molar-refractivity contribution in [2.45, 2.75) is 31.6 Å². The highest BCUT2D eigenvalue weighted by atomic mass is 19.1. The van der Waals surface area contributed by atoms with E-state index < -0.39 is 29.3 Å². The van der Waals surface area contributed by atoms with Gasteiger partial charge in [0.15, 0.2) is 0 Å². The summed E-state index contributed by atoms with van der Waals surface area (Å²) >= 11 is 0. The second kappa shape index (κ2) is 5.87. The van der Waals surface area contributed by atoms with E-state index >= 15 is 0 Å². The third-order valence-corrected chi connectivity index (χ3v) is 6.66. The summed E-state index contributed by atoms with van der Waals surface area (Å²) < 4.78 is 42.0. The number of benzene rings is 2. The molecule has 1 aromatic heterocycles. The van der Waals surface area contributed by atoms with E-state index in [0.717, 1.165) is 25.3 Å². The highest BCUT2D eigenvalue weighted by Crippen LogP contribution is 2.68. The maximum absolute atomic E-state index is 14.5. The first-order valence-corrected chi connectivity index (χ1v) is 9.39. The van der Waals surface area contributed by atoms with E-state index in [1.807, 2.05) is 0 Å². The van der Waals surface area contributed by atoms with E-state index in [0.29, 0.717) is 28.6 Å². The Labute approximate surface area is 159 Å². The normalized spacial score (nSPS) is 22.8. The number of hydrogen-bond donors (Lipinski definition) is 2. The lowest BCUT2D eigenvalue weighted by Gasteiger charge is -2.59. The van der Waals surface area contributed by atoms with E-state index in [1.165, 1.54) is 18.2 Å². The zero-order chi connectivity index (χ0) is 19.6. The van der Waals surface area contributed by atoms with Crippen molar-refractivity contribution in [3.63, 3.8) is 0 Å². The van der Waals surface area contributed by atoms with Gasteiger partial charge in [0.25, 0.3) is 0 Å². The number of hydrogen-bond acceptors (Lipinski definition) is 1. The van der Waals surface area contributed by atoms with Crippen molar-refractivity contribution in [3.05, 3.63) is 59.4 Å². The lowest BCUT2D eigenvalue weighted by atomic mass is 9.43. The van der Waals surface area contributed by atoms with Crippen molar-refractivity contribution >= 4 is 16.9 Å². The molecule has 2 atom stereocenters. The van der Waals surface area contributed by atoms with Gasteiger partial charge in [0.05, 0.1) is 17.1 Å². The van der Waals surface area contributed by atoms with Crippen LogP contribution in [0.4, 0.5) is 13.2 Å². The van der Waals surface area contributed by atoms with Gasteiger partial charge in [-0.15, -0.1) is 0 Å². The van der Waals surface area contributed by atoms with Crippen LogP contribution in [0, 0.1) is 28.8 Å². The molecule has 1 spiro atoms. The summed E-state index contributed by atoms with van der Waals surface area (Å²) in [5, 5.41) is 10.1. The number of aromatic amines is 1. The molecule has 3 nitrogen and oxygen atoms in total. The Bertz CT molecular complexity index is 1100. The molecule has 2 saturated carbocycles. The van der Waals surface area contributed by atoms with Crippen LogP contribution in [0.1, 0.15) is 37.2 Å². The minimum absolute atomic E-state index is 0.129. The number of carbonyl (C=O) groups is 1. The Hall–Kier alpha value is -2.76. The maximum Gasteiger partial charge on any atom is 0.307 e. The number of nitrogens with one attached hydrogen (secondary N) is 1. The molecule has 2 unspecified atom stereocenters. The number of H-pyrrole nitrogens is 1. The van der Waals surface area contributed by atoms with E-state index in [1.54, 1.807) is 12.1 Å². The first-order valence-electron chi connectivity index (χ1n) is 9.39. The molecular formula is C22H18F3NO2. The number of aromatic nitrogens is 1. The van der Waals surface area contributed by atoms with Gasteiger partial charge in [-0.2, -0.15) is 0 Å². The van der Waals surface area contributed by atoms with Crippen LogP contribution in [0.25, 0.3) is 22.2 Å². The number of aliphatic carboxylic acids is 1. The fraction of sp³-hybridized carbons (Fsp3) is 0.318. The van der Waals surface area contributed by atoms with Crippen molar-refractivity contribution in [2.75, 3.05) is 0 Å². The Balaban J connectivity index is 1.79.